The molecule has 1 N–H and O–H groups in total. The highest BCUT2D eigenvalue weighted by molar-refractivity contribution is 5.94. The molecule has 3 nitrogen and oxygen atoms in total. The topological polar surface area (TPSA) is 42.0 Å². The molecule has 0 saturated heterocycles. The highest BCUT2D eigenvalue weighted by atomic mass is 16.1. The van der Waals surface area contributed by atoms with Crippen molar-refractivity contribution in [2.24, 2.45) is 5.92 Å². The van der Waals surface area contributed by atoms with Crippen LogP contribution < -0.4 is 5.32 Å². The van der Waals surface area contributed by atoms with E-state index in [0.717, 1.165) is 5.69 Å². The van der Waals surface area contributed by atoms with Gasteiger partial charge in [0.25, 0.3) is 5.91 Å². The molecule has 0 bridgehead atoms. The lowest BCUT2D eigenvalue weighted by molar-refractivity contribution is 0.0930. The van der Waals surface area contributed by atoms with Crippen LogP contribution in [0.1, 0.15) is 36.8 Å². The number of pyridine rings is 1. The van der Waals surface area contributed by atoms with Crippen molar-refractivity contribution >= 4 is 5.91 Å². The summed E-state index contributed by atoms with van der Waals surface area (Å²) in [5.74, 6) is 0.385. The summed E-state index contributed by atoms with van der Waals surface area (Å²) in [7, 11) is 0. The van der Waals surface area contributed by atoms with Gasteiger partial charge in [0.15, 0.2) is 0 Å². The Morgan fingerprint density at radius 3 is 2.47 bits per heavy atom. The lowest BCUT2D eigenvalue weighted by Crippen LogP contribution is -2.36. The summed E-state index contributed by atoms with van der Waals surface area (Å²) in [6.45, 7) is 8.07. The molecule has 1 aromatic rings. The lowest BCUT2D eigenvalue weighted by atomic mass is 10.1. The zero-order chi connectivity index (χ0) is 11.4. The minimum atomic E-state index is -0.0521. The van der Waals surface area contributed by atoms with Crippen molar-refractivity contribution in [1.82, 2.24) is 10.3 Å². The van der Waals surface area contributed by atoms with Crippen LogP contribution in [0.2, 0.25) is 0 Å². The number of nitrogens with one attached hydrogen (secondary N) is 1. The SMILES string of the molecule is Cc1ccc(C(=O)N[C@H](C)C(C)C)cn1. The summed E-state index contributed by atoms with van der Waals surface area (Å²) in [6.07, 6.45) is 1.61. The van der Waals surface area contributed by atoms with E-state index < -0.39 is 0 Å². The zero-order valence-corrected chi connectivity index (χ0v) is 9.74. The number of hydrogen-bond acceptors (Lipinski definition) is 2. The van der Waals surface area contributed by atoms with Crippen LogP contribution in [-0.2, 0) is 0 Å². The van der Waals surface area contributed by atoms with Crippen LogP contribution in [0.4, 0.5) is 0 Å². The normalized spacial score (nSPS) is 12.6. The molecule has 1 amide bonds. The summed E-state index contributed by atoms with van der Waals surface area (Å²) in [4.78, 5) is 15.8. The molecule has 1 rings (SSSR count). The molecule has 3 heteroatoms. The molecule has 1 heterocycles. The molecule has 0 fully saturated rings. The Morgan fingerprint density at radius 1 is 1.33 bits per heavy atom. The maximum absolute atomic E-state index is 11.7. The van der Waals surface area contributed by atoms with Crippen molar-refractivity contribution in [3.05, 3.63) is 29.6 Å². The van der Waals surface area contributed by atoms with Crippen molar-refractivity contribution in [3.8, 4) is 0 Å². The van der Waals surface area contributed by atoms with Gasteiger partial charge in [0.05, 0.1) is 5.56 Å². The molecule has 0 radical (unpaired) electrons. The highest BCUT2D eigenvalue weighted by Crippen LogP contribution is 2.03. The zero-order valence-electron chi connectivity index (χ0n) is 9.74. The van der Waals surface area contributed by atoms with Crippen molar-refractivity contribution in [2.45, 2.75) is 33.7 Å². The predicted octanol–water partition coefficient (Wildman–Crippen LogP) is 2.16. The highest BCUT2D eigenvalue weighted by Gasteiger charge is 2.12. The van der Waals surface area contributed by atoms with Crippen LogP contribution in [-0.4, -0.2) is 16.9 Å². The van der Waals surface area contributed by atoms with E-state index in [1.54, 1.807) is 12.3 Å². The van der Waals surface area contributed by atoms with E-state index >= 15 is 0 Å². The van der Waals surface area contributed by atoms with E-state index in [1.165, 1.54) is 0 Å². The van der Waals surface area contributed by atoms with Gasteiger partial charge >= 0.3 is 0 Å². The number of amides is 1. The molecule has 0 saturated carbocycles. The molecule has 0 unspecified atom stereocenters. The van der Waals surface area contributed by atoms with E-state index in [4.69, 9.17) is 0 Å². The van der Waals surface area contributed by atoms with E-state index in [2.05, 4.69) is 24.1 Å². The first-order valence-corrected chi connectivity index (χ1v) is 5.24. The van der Waals surface area contributed by atoms with Gasteiger partial charge in [-0.2, -0.15) is 0 Å². The maximum atomic E-state index is 11.7. The molecule has 0 aliphatic carbocycles. The Hall–Kier alpha value is -1.38. The third kappa shape index (κ3) is 3.35. The fourth-order valence-corrected chi connectivity index (χ4v) is 1.06. The molecule has 0 aromatic carbocycles. The number of carbonyl (C=O) groups excluding carboxylic acids is 1. The summed E-state index contributed by atoms with van der Waals surface area (Å²) < 4.78 is 0. The molecule has 1 atom stereocenters. The Balaban J connectivity index is 2.65. The third-order valence-corrected chi connectivity index (χ3v) is 2.53. The van der Waals surface area contributed by atoms with Crippen LogP contribution in [0.25, 0.3) is 0 Å². The summed E-state index contributed by atoms with van der Waals surface area (Å²) in [5, 5.41) is 2.94. The third-order valence-electron chi connectivity index (χ3n) is 2.53. The van der Waals surface area contributed by atoms with E-state index in [-0.39, 0.29) is 11.9 Å². The minimum absolute atomic E-state index is 0.0521. The van der Waals surface area contributed by atoms with Gasteiger partial charge < -0.3 is 5.32 Å². The molecular formula is C12H18N2O. The summed E-state index contributed by atoms with van der Waals surface area (Å²) >= 11 is 0. The smallest absolute Gasteiger partial charge is 0.253 e. The molecular weight excluding hydrogens is 188 g/mol. The second-order valence-corrected chi connectivity index (χ2v) is 4.19. The quantitative estimate of drug-likeness (QED) is 0.823. The van der Waals surface area contributed by atoms with Gasteiger partial charge in [0.1, 0.15) is 0 Å². The van der Waals surface area contributed by atoms with Gasteiger partial charge in [0, 0.05) is 17.9 Å². The van der Waals surface area contributed by atoms with Crippen molar-refractivity contribution in [2.75, 3.05) is 0 Å². The number of carbonyl (C=O) groups is 1. The molecule has 0 aliphatic rings. The molecule has 0 aliphatic heterocycles. The second-order valence-electron chi connectivity index (χ2n) is 4.19. The molecule has 1 aromatic heterocycles. The first-order chi connectivity index (χ1) is 7.00. The van der Waals surface area contributed by atoms with Gasteiger partial charge in [-0.3, -0.25) is 9.78 Å². The number of aromatic nitrogens is 1. The molecule has 15 heavy (non-hydrogen) atoms. The second kappa shape index (κ2) is 4.91. The Morgan fingerprint density at radius 2 is 2.00 bits per heavy atom. The van der Waals surface area contributed by atoms with Crippen LogP contribution in [0.3, 0.4) is 0 Å². The average molecular weight is 206 g/mol. The van der Waals surface area contributed by atoms with Gasteiger partial charge in [-0.05, 0) is 31.9 Å². The van der Waals surface area contributed by atoms with Crippen LogP contribution in [0, 0.1) is 12.8 Å². The van der Waals surface area contributed by atoms with E-state index in [0.29, 0.717) is 11.5 Å². The van der Waals surface area contributed by atoms with Crippen molar-refractivity contribution in [1.29, 1.82) is 0 Å². The Labute approximate surface area is 90.9 Å². The summed E-state index contributed by atoms with van der Waals surface area (Å²) in [6, 6.07) is 3.82. The fourth-order valence-electron chi connectivity index (χ4n) is 1.06. The van der Waals surface area contributed by atoms with Gasteiger partial charge in [-0.15, -0.1) is 0 Å². The first kappa shape index (κ1) is 11.7. The van der Waals surface area contributed by atoms with E-state index in [9.17, 15) is 4.79 Å². The van der Waals surface area contributed by atoms with Gasteiger partial charge in [-0.25, -0.2) is 0 Å². The minimum Gasteiger partial charge on any atom is -0.349 e. The lowest BCUT2D eigenvalue weighted by Gasteiger charge is -2.17. The average Bonchev–Trinajstić information content (AvgIpc) is 2.18. The number of aryl methyl sites for hydroxylation is 1. The standard InChI is InChI=1S/C12H18N2O/c1-8(2)10(4)14-12(15)11-6-5-9(3)13-7-11/h5-8,10H,1-4H3,(H,14,15)/t10-/m1/s1. The Kier molecular flexibility index (Phi) is 3.83. The molecule has 0 spiro atoms. The predicted molar refractivity (Wildman–Crippen MR) is 60.7 cm³/mol. The van der Waals surface area contributed by atoms with Gasteiger partial charge in [-0.1, -0.05) is 13.8 Å². The summed E-state index contributed by atoms with van der Waals surface area (Å²) in [5.41, 5.74) is 1.54. The van der Waals surface area contributed by atoms with Crippen LogP contribution in [0.15, 0.2) is 18.3 Å². The molecule has 82 valence electrons. The van der Waals surface area contributed by atoms with Crippen LogP contribution in [0.5, 0.6) is 0 Å². The van der Waals surface area contributed by atoms with Crippen molar-refractivity contribution in [3.63, 3.8) is 0 Å². The largest absolute Gasteiger partial charge is 0.349 e. The van der Waals surface area contributed by atoms with Gasteiger partial charge in [0.2, 0.25) is 0 Å². The number of rotatable bonds is 3. The maximum Gasteiger partial charge on any atom is 0.253 e. The fraction of sp³-hybridized carbons (Fsp3) is 0.500. The first-order valence-electron chi connectivity index (χ1n) is 5.24. The Bertz CT molecular complexity index is 330. The van der Waals surface area contributed by atoms with E-state index in [1.807, 2.05) is 19.9 Å². The number of hydrogen-bond donors (Lipinski definition) is 1. The number of nitrogens with zero attached hydrogens (tertiary/aromatic N) is 1. The van der Waals surface area contributed by atoms with Crippen LogP contribution >= 0.6 is 0 Å². The van der Waals surface area contributed by atoms with Crippen molar-refractivity contribution < 1.29 is 4.79 Å². The monoisotopic (exact) mass is 206 g/mol.